The Morgan fingerprint density at radius 3 is 1.43 bits per heavy atom. The molecule has 0 heteroatoms. The SMILES string of the molecule is CCC=CCC.Cc1ccccc1C. The molecule has 0 aromatic heterocycles. The first-order valence-electron chi connectivity index (χ1n) is 5.39. The Hall–Kier alpha value is -1.04. The predicted molar refractivity (Wildman–Crippen MR) is 65.6 cm³/mol. The zero-order valence-corrected chi connectivity index (χ0v) is 9.88. The zero-order chi connectivity index (χ0) is 10.8. The number of benzene rings is 1. The molecule has 0 nitrogen and oxygen atoms in total. The molecule has 1 aromatic carbocycles. The van der Waals surface area contributed by atoms with E-state index in [1.54, 1.807) is 0 Å². The average molecular weight is 190 g/mol. The molecular weight excluding hydrogens is 168 g/mol. The lowest BCUT2D eigenvalue weighted by molar-refractivity contribution is 1.16. The van der Waals surface area contributed by atoms with Crippen LogP contribution in [0.1, 0.15) is 37.8 Å². The van der Waals surface area contributed by atoms with Crippen LogP contribution in [-0.4, -0.2) is 0 Å². The third kappa shape index (κ3) is 6.47. The summed E-state index contributed by atoms with van der Waals surface area (Å²) < 4.78 is 0. The van der Waals surface area contributed by atoms with Crippen molar-refractivity contribution in [3.05, 3.63) is 47.5 Å². The van der Waals surface area contributed by atoms with Gasteiger partial charge in [-0.2, -0.15) is 0 Å². The van der Waals surface area contributed by atoms with E-state index in [4.69, 9.17) is 0 Å². The third-order valence-electron chi connectivity index (χ3n) is 2.06. The first-order valence-corrected chi connectivity index (χ1v) is 5.39. The van der Waals surface area contributed by atoms with Gasteiger partial charge in [-0.15, -0.1) is 0 Å². The van der Waals surface area contributed by atoms with E-state index in [1.165, 1.54) is 24.0 Å². The Morgan fingerprint density at radius 2 is 1.21 bits per heavy atom. The molecule has 0 fully saturated rings. The Bertz CT molecular complexity index is 231. The maximum absolute atomic E-state index is 2.18. The van der Waals surface area contributed by atoms with Crippen LogP contribution in [0.5, 0.6) is 0 Å². The lowest BCUT2D eigenvalue weighted by Gasteiger charge is -1.93. The standard InChI is InChI=1S/C8H10.C6H12/c1-7-5-3-4-6-8(7)2;1-3-5-6-4-2/h3-6H,1-2H3;5-6H,3-4H2,1-2H3. The van der Waals surface area contributed by atoms with Crippen molar-refractivity contribution in [3.8, 4) is 0 Å². The van der Waals surface area contributed by atoms with E-state index < -0.39 is 0 Å². The third-order valence-corrected chi connectivity index (χ3v) is 2.06. The van der Waals surface area contributed by atoms with Gasteiger partial charge >= 0.3 is 0 Å². The second kappa shape index (κ2) is 8.55. The highest BCUT2D eigenvalue weighted by Crippen LogP contribution is 2.02. The van der Waals surface area contributed by atoms with Crippen molar-refractivity contribution in [2.24, 2.45) is 0 Å². The fourth-order valence-electron chi connectivity index (χ4n) is 0.996. The maximum Gasteiger partial charge on any atom is -0.0379 e. The molecule has 0 bridgehead atoms. The van der Waals surface area contributed by atoms with E-state index in [0.717, 1.165) is 0 Å². The number of allylic oxidation sites excluding steroid dienone is 2. The van der Waals surface area contributed by atoms with Gasteiger partial charge in [0.15, 0.2) is 0 Å². The zero-order valence-electron chi connectivity index (χ0n) is 9.88. The summed E-state index contributed by atoms with van der Waals surface area (Å²) in [6.45, 7) is 8.53. The topological polar surface area (TPSA) is 0 Å². The van der Waals surface area contributed by atoms with Crippen LogP contribution in [-0.2, 0) is 0 Å². The number of hydrogen-bond donors (Lipinski definition) is 0. The summed E-state index contributed by atoms with van der Waals surface area (Å²) in [6, 6.07) is 8.36. The van der Waals surface area contributed by atoms with Crippen LogP contribution in [0.25, 0.3) is 0 Å². The molecule has 14 heavy (non-hydrogen) atoms. The van der Waals surface area contributed by atoms with E-state index in [2.05, 4.69) is 64.1 Å². The van der Waals surface area contributed by atoms with Crippen molar-refractivity contribution < 1.29 is 0 Å². The van der Waals surface area contributed by atoms with Crippen LogP contribution in [0.3, 0.4) is 0 Å². The molecule has 0 saturated carbocycles. The van der Waals surface area contributed by atoms with Crippen LogP contribution < -0.4 is 0 Å². The van der Waals surface area contributed by atoms with E-state index >= 15 is 0 Å². The molecule has 0 aliphatic heterocycles. The highest BCUT2D eigenvalue weighted by molar-refractivity contribution is 5.23. The Balaban J connectivity index is 0.000000255. The fraction of sp³-hybridized carbons (Fsp3) is 0.429. The van der Waals surface area contributed by atoms with Gasteiger partial charge in [0.1, 0.15) is 0 Å². The van der Waals surface area contributed by atoms with Crippen LogP contribution in [0.4, 0.5) is 0 Å². The minimum Gasteiger partial charge on any atom is -0.0888 e. The highest BCUT2D eigenvalue weighted by Gasteiger charge is 1.83. The number of hydrogen-bond acceptors (Lipinski definition) is 0. The van der Waals surface area contributed by atoms with Crippen molar-refractivity contribution in [1.29, 1.82) is 0 Å². The number of aryl methyl sites for hydroxylation is 2. The summed E-state index contributed by atoms with van der Waals surface area (Å²) in [6.07, 6.45) is 6.71. The Kier molecular flexibility index (Phi) is 7.92. The van der Waals surface area contributed by atoms with Gasteiger partial charge in [-0.05, 0) is 37.8 Å². The Labute approximate surface area is 88.7 Å². The van der Waals surface area contributed by atoms with Gasteiger partial charge in [-0.25, -0.2) is 0 Å². The first kappa shape index (κ1) is 13.0. The molecule has 0 aliphatic rings. The molecule has 1 aromatic rings. The molecule has 0 saturated heterocycles. The van der Waals surface area contributed by atoms with Gasteiger partial charge in [0.25, 0.3) is 0 Å². The second-order valence-corrected chi connectivity index (χ2v) is 3.37. The maximum atomic E-state index is 2.18. The summed E-state index contributed by atoms with van der Waals surface area (Å²) >= 11 is 0. The van der Waals surface area contributed by atoms with Crippen molar-refractivity contribution in [1.82, 2.24) is 0 Å². The molecule has 0 heterocycles. The molecule has 0 amide bonds. The largest absolute Gasteiger partial charge is 0.0888 e. The lowest BCUT2D eigenvalue weighted by atomic mass is 10.1. The van der Waals surface area contributed by atoms with E-state index in [-0.39, 0.29) is 0 Å². The molecule has 0 atom stereocenters. The van der Waals surface area contributed by atoms with Gasteiger partial charge in [0.05, 0.1) is 0 Å². The smallest absolute Gasteiger partial charge is 0.0379 e. The molecule has 0 unspecified atom stereocenters. The van der Waals surface area contributed by atoms with Crippen molar-refractivity contribution in [3.63, 3.8) is 0 Å². The minimum absolute atomic E-state index is 1.17. The second-order valence-electron chi connectivity index (χ2n) is 3.37. The molecule has 1 rings (SSSR count). The normalized spacial score (nSPS) is 9.71. The molecular formula is C14H22. The molecule has 0 N–H and O–H groups in total. The van der Waals surface area contributed by atoms with Crippen LogP contribution in [0.2, 0.25) is 0 Å². The van der Waals surface area contributed by atoms with Gasteiger partial charge in [0, 0.05) is 0 Å². The molecule has 78 valence electrons. The summed E-state index contributed by atoms with van der Waals surface area (Å²) in [5, 5.41) is 0. The molecule has 0 radical (unpaired) electrons. The van der Waals surface area contributed by atoms with Crippen LogP contribution >= 0.6 is 0 Å². The molecule has 0 spiro atoms. The van der Waals surface area contributed by atoms with Gasteiger partial charge < -0.3 is 0 Å². The summed E-state index contributed by atoms with van der Waals surface area (Å²) in [4.78, 5) is 0. The van der Waals surface area contributed by atoms with Crippen LogP contribution in [0.15, 0.2) is 36.4 Å². The quantitative estimate of drug-likeness (QED) is 0.595. The van der Waals surface area contributed by atoms with Gasteiger partial charge in [-0.3, -0.25) is 0 Å². The Morgan fingerprint density at radius 1 is 0.857 bits per heavy atom. The molecule has 0 aliphatic carbocycles. The van der Waals surface area contributed by atoms with E-state index in [1.807, 2.05) is 0 Å². The number of rotatable bonds is 2. The van der Waals surface area contributed by atoms with Crippen molar-refractivity contribution >= 4 is 0 Å². The summed E-state index contributed by atoms with van der Waals surface area (Å²) in [5.74, 6) is 0. The van der Waals surface area contributed by atoms with Crippen molar-refractivity contribution in [2.45, 2.75) is 40.5 Å². The average Bonchev–Trinajstić information content (AvgIpc) is 2.20. The lowest BCUT2D eigenvalue weighted by Crippen LogP contribution is -1.74. The summed E-state index contributed by atoms with van der Waals surface area (Å²) in [7, 11) is 0. The predicted octanol–water partition coefficient (Wildman–Crippen LogP) is 4.67. The van der Waals surface area contributed by atoms with Gasteiger partial charge in [0.2, 0.25) is 0 Å². The van der Waals surface area contributed by atoms with Crippen molar-refractivity contribution in [2.75, 3.05) is 0 Å². The summed E-state index contributed by atoms with van der Waals surface area (Å²) in [5.41, 5.74) is 2.74. The van der Waals surface area contributed by atoms with Gasteiger partial charge in [-0.1, -0.05) is 50.3 Å². The first-order chi connectivity index (χ1) is 6.72. The minimum atomic E-state index is 1.17. The fourth-order valence-corrected chi connectivity index (χ4v) is 0.996. The van der Waals surface area contributed by atoms with Crippen LogP contribution in [0, 0.1) is 13.8 Å². The monoisotopic (exact) mass is 190 g/mol. The van der Waals surface area contributed by atoms with E-state index in [9.17, 15) is 0 Å². The van der Waals surface area contributed by atoms with E-state index in [0.29, 0.717) is 0 Å². The highest BCUT2D eigenvalue weighted by atomic mass is 13.9.